The minimum Gasteiger partial charge on any atom is -0.313 e. The molecule has 0 saturated heterocycles. The average molecular weight is 260 g/mol. The van der Waals surface area contributed by atoms with Crippen LogP contribution in [0.25, 0.3) is 0 Å². The summed E-state index contributed by atoms with van der Waals surface area (Å²) in [6.45, 7) is 4.45. The van der Waals surface area contributed by atoms with Crippen LogP contribution in [-0.4, -0.2) is 7.05 Å². The van der Waals surface area contributed by atoms with Gasteiger partial charge in [0.05, 0.1) is 0 Å². The van der Waals surface area contributed by atoms with Gasteiger partial charge in [0.15, 0.2) is 0 Å². The molecule has 1 nitrogen and oxygen atoms in total. The zero-order valence-electron chi connectivity index (χ0n) is 10.1. The van der Waals surface area contributed by atoms with E-state index in [-0.39, 0.29) is 6.04 Å². The molecule has 0 radical (unpaired) electrons. The highest BCUT2D eigenvalue weighted by molar-refractivity contribution is 6.36. The molecule has 0 aliphatic heterocycles. The third-order valence-corrected chi connectivity index (χ3v) is 3.39. The van der Waals surface area contributed by atoms with Crippen molar-refractivity contribution in [3.05, 3.63) is 33.8 Å². The summed E-state index contributed by atoms with van der Waals surface area (Å²) in [7, 11) is 1.95. The van der Waals surface area contributed by atoms with Crippen molar-refractivity contribution in [2.75, 3.05) is 7.05 Å². The molecule has 90 valence electrons. The molecule has 0 aromatic heterocycles. The van der Waals surface area contributed by atoms with Crippen LogP contribution >= 0.6 is 23.2 Å². The Bertz CT molecular complexity index is 316. The fraction of sp³-hybridized carbons (Fsp3) is 0.538. The molecule has 1 atom stereocenters. The predicted molar refractivity (Wildman–Crippen MR) is 72.3 cm³/mol. The van der Waals surface area contributed by atoms with Crippen LogP contribution in [0.3, 0.4) is 0 Å². The van der Waals surface area contributed by atoms with Crippen molar-refractivity contribution in [1.82, 2.24) is 5.32 Å². The van der Waals surface area contributed by atoms with E-state index in [4.69, 9.17) is 23.2 Å². The Balaban J connectivity index is 2.86. The number of rotatable bonds is 5. The fourth-order valence-electron chi connectivity index (χ4n) is 1.78. The van der Waals surface area contributed by atoms with Gasteiger partial charge in [-0.2, -0.15) is 0 Å². The van der Waals surface area contributed by atoms with Gasteiger partial charge in [-0.05, 0) is 37.9 Å². The van der Waals surface area contributed by atoms with E-state index in [1.807, 2.05) is 25.2 Å². The summed E-state index contributed by atoms with van der Waals surface area (Å²) in [4.78, 5) is 0. The summed E-state index contributed by atoms with van der Waals surface area (Å²) >= 11 is 12.4. The zero-order chi connectivity index (χ0) is 12.1. The van der Waals surface area contributed by atoms with Crippen molar-refractivity contribution in [2.45, 2.75) is 32.7 Å². The third kappa shape index (κ3) is 3.65. The highest BCUT2D eigenvalue weighted by atomic mass is 35.5. The minimum absolute atomic E-state index is 0.239. The molecule has 0 aliphatic rings. The molecule has 0 aliphatic carbocycles. The van der Waals surface area contributed by atoms with Crippen LogP contribution in [0.4, 0.5) is 0 Å². The lowest BCUT2D eigenvalue weighted by Crippen LogP contribution is -2.17. The quantitative estimate of drug-likeness (QED) is 0.809. The van der Waals surface area contributed by atoms with Crippen molar-refractivity contribution >= 4 is 23.2 Å². The van der Waals surface area contributed by atoms with E-state index in [2.05, 4.69) is 19.2 Å². The Morgan fingerprint density at radius 1 is 1.12 bits per heavy atom. The maximum Gasteiger partial charge on any atom is 0.0468 e. The molecular formula is C13H19Cl2N. The van der Waals surface area contributed by atoms with Crippen molar-refractivity contribution < 1.29 is 0 Å². The van der Waals surface area contributed by atoms with E-state index < -0.39 is 0 Å². The highest BCUT2D eigenvalue weighted by Crippen LogP contribution is 2.32. The van der Waals surface area contributed by atoms with Crippen LogP contribution in [0, 0.1) is 5.92 Å². The molecule has 0 spiro atoms. The second-order valence-electron chi connectivity index (χ2n) is 4.45. The van der Waals surface area contributed by atoms with Crippen molar-refractivity contribution in [1.29, 1.82) is 0 Å². The second-order valence-corrected chi connectivity index (χ2v) is 5.26. The maximum absolute atomic E-state index is 6.19. The number of benzene rings is 1. The van der Waals surface area contributed by atoms with Crippen molar-refractivity contribution in [3.63, 3.8) is 0 Å². The standard InChI is InChI=1S/C13H19Cl2N/c1-9(2)7-8-12(16-3)13-10(14)5-4-6-11(13)15/h4-6,9,12,16H,7-8H2,1-3H3. The first-order valence-corrected chi connectivity index (χ1v) is 6.43. The first-order chi connectivity index (χ1) is 7.56. The molecule has 1 rings (SSSR count). The number of hydrogen-bond donors (Lipinski definition) is 1. The Hall–Kier alpha value is -0.240. The topological polar surface area (TPSA) is 12.0 Å². The van der Waals surface area contributed by atoms with Gasteiger partial charge in [0.25, 0.3) is 0 Å². The molecule has 0 fully saturated rings. The van der Waals surface area contributed by atoms with Crippen LogP contribution in [-0.2, 0) is 0 Å². The molecule has 0 bridgehead atoms. The number of halogens is 2. The fourth-order valence-corrected chi connectivity index (χ4v) is 2.44. The normalized spacial score (nSPS) is 13.1. The second kappa shape index (κ2) is 6.48. The molecule has 1 N–H and O–H groups in total. The Kier molecular flexibility index (Phi) is 5.60. The summed E-state index contributed by atoms with van der Waals surface area (Å²) < 4.78 is 0. The van der Waals surface area contributed by atoms with Gasteiger partial charge in [0.2, 0.25) is 0 Å². The lowest BCUT2D eigenvalue weighted by molar-refractivity contribution is 0.465. The molecular weight excluding hydrogens is 241 g/mol. The lowest BCUT2D eigenvalue weighted by Gasteiger charge is -2.20. The maximum atomic E-state index is 6.19. The average Bonchev–Trinajstić information content (AvgIpc) is 2.22. The van der Waals surface area contributed by atoms with E-state index in [9.17, 15) is 0 Å². The molecule has 1 aromatic rings. The summed E-state index contributed by atoms with van der Waals surface area (Å²) in [6, 6.07) is 5.90. The summed E-state index contributed by atoms with van der Waals surface area (Å²) in [5, 5.41) is 4.78. The largest absolute Gasteiger partial charge is 0.313 e. The Morgan fingerprint density at radius 2 is 1.69 bits per heavy atom. The van der Waals surface area contributed by atoms with E-state index in [1.165, 1.54) is 0 Å². The van der Waals surface area contributed by atoms with Crippen LogP contribution in [0.15, 0.2) is 18.2 Å². The monoisotopic (exact) mass is 259 g/mol. The first kappa shape index (κ1) is 13.8. The van der Waals surface area contributed by atoms with Crippen LogP contribution in [0.2, 0.25) is 10.0 Å². The van der Waals surface area contributed by atoms with Gasteiger partial charge in [-0.1, -0.05) is 43.1 Å². The molecule has 1 unspecified atom stereocenters. The van der Waals surface area contributed by atoms with Crippen LogP contribution in [0.1, 0.15) is 38.3 Å². The lowest BCUT2D eigenvalue weighted by atomic mass is 9.97. The van der Waals surface area contributed by atoms with Gasteiger partial charge in [-0.3, -0.25) is 0 Å². The first-order valence-electron chi connectivity index (χ1n) is 5.67. The van der Waals surface area contributed by atoms with Gasteiger partial charge in [-0.25, -0.2) is 0 Å². The zero-order valence-corrected chi connectivity index (χ0v) is 11.6. The number of hydrogen-bond acceptors (Lipinski definition) is 1. The Labute approximate surface area is 108 Å². The summed E-state index contributed by atoms with van der Waals surface area (Å²) in [5.41, 5.74) is 1.02. The Morgan fingerprint density at radius 3 is 2.12 bits per heavy atom. The summed E-state index contributed by atoms with van der Waals surface area (Å²) in [6.07, 6.45) is 2.21. The molecule has 0 amide bonds. The molecule has 0 heterocycles. The third-order valence-electron chi connectivity index (χ3n) is 2.73. The van der Waals surface area contributed by atoms with Crippen molar-refractivity contribution in [3.8, 4) is 0 Å². The van der Waals surface area contributed by atoms with Gasteiger partial charge < -0.3 is 5.32 Å². The molecule has 1 aromatic carbocycles. The molecule has 16 heavy (non-hydrogen) atoms. The van der Waals surface area contributed by atoms with Gasteiger partial charge >= 0.3 is 0 Å². The van der Waals surface area contributed by atoms with Gasteiger partial charge in [0.1, 0.15) is 0 Å². The molecule has 3 heteroatoms. The van der Waals surface area contributed by atoms with Crippen molar-refractivity contribution in [2.24, 2.45) is 5.92 Å². The smallest absolute Gasteiger partial charge is 0.0468 e. The highest BCUT2D eigenvalue weighted by Gasteiger charge is 2.16. The van der Waals surface area contributed by atoms with E-state index in [0.29, 0.717) is 5.92 Å². The van der Waals surface area contributed by atoms with E-state index in [0.717, 1.165) is 28.5 Å². The molecule has 0 saturated carbocycles. The van der Waals surface area contributed by atoms with E-state index in [1.54, 1.807) is 0 Å². The van der Waals surface area contributed by atoms with Gasteiger partial charge in [0, 0.05) is 21.7 Å². The van der Waals surface area contributed by atoms with Crippen LogP contribution < -0.4 is 5.32 Å². The number of nitrogens with one attached hydrogen (secondary N) is 1. The van der Waals surface area contributed by atoms with Gasteiger partial charge in [-0.15, -0.1) is 0 Å². The minimum atomic E-state index is 0.239. The predicted octanol–water partition coefficient (Wildman–Crippen LogP) is 4.69. The summed E-state index contributed by atoms with van der Waals surface area (Å²) in [5.74, 6) is 0.692. The van der Waals surface area contributed by atoms with E-state index >= 15 is 0 Å². The van der Waals surface area contributed by atoms with Crippen LogP contribution in [0.5, 0.6) is 0 Å². The SMILES string of the molecule is CNC(CCC(C)C)c1c(Cl)cccc1Cl.